The summed E-state index contributed by atoms with van der Waals surface area (Å²) in [5, 5.41) is 8.70. The van der Waals surface area contributed by atoms with E-state index in [0.29, 0.717) is 5.92 Å². The van der Waals surface area contributed by atoms with E-state index in [9.17, 15) is 0 Å². The highest BCUT2D eigenvalue weighted by molar-refractivity contribution is 8.00. The first-order valence-corrected chi connectivity index (χ1v) is 5.67. The van der Waals surface area contributed by atoms with Gasteiger partial charge in [0.2, 0.25) is 0 Å². The van der Waals surface area contributed by atoms with Crippen molar-refractivity contribution in [3.63, 3.8) is 0 Å². The van der Waals surface area contributed by atoms with Crippen molar-refractivity contribution in [3.05, 3.63) is 29.8 Å². The zero-order valence-corrected chi connectivity index (χ0v) is 9.64. The van der Waals surface area contributed by atoms with Crippen LogP contribution in [-0.2, 0) is 0 Å². The smallest absolute Gasteiger partial charge is 0.0935 e. The van der Waals surface area contributed by atoms with Gasteiger partial charge < -0.3 is 0 Å². The van der Waals surface area contributed by atoms with E-state index in [2.05, 4.69) is 44.2 Å². The predicted molar refractivity (Wildman–Crippen MR) is 61.5 cm³/mol. The molecule has 14 heavy (non-hydrogen) atoms. The van der Waals surface area contributed by atoms with E-state index in [1.54, 1.807) is 11.8 Å². The number of nitrogens with zero attached hydrogens (tertiary/aromatic N) is 1. The van der Waals surface area contributed by atoms with Crippen molar-refractivity contribution >= 4 is 11.8 Å². The van der Waals surface area contributed by atoms with Gasteiger partial charge in [-0.3, -0.25) is 0 Å². The highest BCUT2D eigenvalue weighted by Gasteiger charge is 2.03. The summed E-state index contributed by atoms with van der Waals surface area (Å²) in [6.07, 6.45) is 0. The fraction of sp³-hybridized carbons (Fsp3) is 0.417. The van der Waals surface area contributed by atoms with E-state index < -0.39 is 0 Å². The van der Waals surface area contributed by atoms with Crippen LogP contribution < -0.4 is 0 Å². The van der Waals surface area contributed by atoms with Gasteiger partial charge in [-0.1, -0.05) is 26.0 Å². The molecule has 1 rings (SSSR count). The standard InChI is InChI=1S/C12H15NS/c1-9(2)11-4-6-12(7-5-11)14-10(3)8-13/h4-7,9-10H,1-3H3. The maximum absolute atomic E-state index is 8.67. The summed E-state index contributed by atoms with van der Waals surface area (Å²) in [5.41, 5.74) is 1.35. The van der Waals surface area contributed by atoms with Crippen LogP contribution in [-0.4, -0.2) is 5.25 Å². The number of hydrogen-bond donors (Lipinski definition) is 0. The molecule has 74 valence electrons. The molecular formula is C12H15NS. The van der Waals surface area contributed by atoms with Gasteiger partial charge in [-0.25, -0.2) is 0 Å². The predicted octanol–water partition coefficient (Wildman–Crippen LogP) is 3.81. The molecule has 1 atom stereocenters. The second-order valence-electron chi connectivity index (χ2n) is 3.61. The minimum atomic E-state index is 0.0277. The normalized spacial score (nSPS) is 12.5. The van der Waals surface area contributed by atoms with Gasteiger partial charge in [-0.2, -0.15) is 5.26 Å². The number of benzene rings is 1. The van der Waals surface area contributed by atoms with Crippen LogP contribution in [0.5, 0.6) is 0 Å². The van der Waals surface area contributed by atoms with Crippen molar-refractivity contribution in [2.24, 2.45) is 0 Å². The molecule has 0 heterocycles. The molecule has 1 aromatic carbocycles. The molecule has 0 N–H and O–H groups in total. The second kappa shape index (κ2) is 5.07. The van der Waals surface area contributed by atoms with E-state index >= 15 is 0 Å². The Bertz CT molecular complexity index is 321. The molecule has 0 saturated heterocycles. The maximum atomic E-state index is 8.67. The largest absolute Gasteiger partial charge is 0.197 e. The minimum absolute atomic E-state index is 0.0277. The van der Waals surface area contributed by atoms with Gasteiger partial charge in [0.05, 0.1) is 11.3 Å². The Morgan fingerprint density at radius 1 is 1.14 bits per heavy atom. The molecule has 2 heteroatoms. The summed E-state index contributed by atoms with van der Waals surface area (Å²) < 4.78 is 0. The van der Waals surface area contributed by atoms with Crippen molar-refractivity contribution in [2.45, 2.75) is 36.8 Å². The van der Waals surface area contributed by atoms with Crippen LogP contribution in [0.1, 0.15) is 32.3 Å². The van der Waals surface area contributed by atoms with Crippen molar-refractivity contribution in [1.29, 1.82) is 5.26 Å². The van der Waals surface area contributed by atoms with Crippen molar-refractivity contribution in [3.8, 4) is 6.07 Å². The Morgan fingerprint density at radius 2 is 1.71 bits per heavy atom. The van der Waals surface area contributed by atoms with E-state index in [4.69, 9.17) is 5.26 Å². The average molecular weight is 205 g/mol. The van der Waals surface area contributed by atoms with Crippen LogP contribution in [0.4, 0.5) is 0 Å². The molecule has 1 aromatic rings. The van der Waals surface area contributed by atoms with Crippen LogP contribution in [0, 0.1) is 11.3 Å². The van der Waals surface area contributed by atoms with Crippen LogP contribution in [0.3, 0.4) is 0 Å². The van der Waals surface area contributed by atoms with Crippen molar-refractivity contribution in [1.82, 2.24) is 0 Å². The molecule has 0 fully saturated rings. The SMILES string of the molecule is CC(C#N)Sc1ccc(C(C)C)cc1. The molecular weight excluding hydrogens is 190 g/mol. The van der Waals surface area contributed by atoms with Gasteiger partial charge >= 0.3 is 0 Å². The Labute approximate surface area is 90.1 Å². The monoisotopic (exact) mass is 205 g/mol. The number of hydrogen-bond acceptors (Lipinski definition) is 2. The number of thioether (sulfide) groups is 1. The van der Waals surface area contributed by atoms with Gasteiger partial charge in [0, 0.05) is 4.90 Å². The zero-order valence-electron chi connectivity index (χ0n) is 8.82. The molecule has 0 bridgehead atoms. The van der Waals surface area contributed by atoms with Crippen LogP contribution in [0.2, 0.25) is 0 Å². The summed E-state index contributed by atoms with van der Waals surface area (Å²) in [7, 11) is 0. The molecule has 0 saturated carbocycles. The molecule has 0 aromatic heterocycles. The van der Waals surface area contributed by atoms with Gasteiger partial charge in [0.15, 0.2) is 0 Å². The molecule has 0 spiro atoms. The quantitative estimate of drug-likeness (QED) is 0.700. The second-order valence-corrected chi connectivity index (χ2v) is 5.03. The molecule has 0 aliphatic heterocycles. The molecule has 0 amide bonds. The van der Waals surface area contributed by atoms with Gasteiger partial charge in [-0.15, -0.1) is 11.8 Å². The van der Waals surface area contributed by atoms with Crippen molar-refractivity contribution < 1.29 is 0 Å². The van der Waals surface area contributed by atoms with Crippen molar-refractivity contribution in [2.75, 3.05) is 0 Å². The van der Waals surface area contributed by atoms with Crippen LogP contribution in [0.15, 0.2) is 29.2 Å². The highest BCUT2D eigenvalue weighted by atomic mass is 32.2. The van der Waals surface area contributed by atoms with Gasteiger partial charge in [-0.05, 0) is 30.5 Å². The number of rotatable bonds is 3. The third-order valence-electron chi connectivity index (χ3n) is 2.04. The van der Waals surface area contributed by atoms with Gasteiger partial charge in [0.1, 0.15) is 0 Å². The maximum Gasteiger partial charge on any atom is 0.0935 e. The Morgan fingerprint density at radius 3 is 2.14 bits per heavy atom. The average Bonchev–Trinajstić information content (AvgIpc) is 2.18. The Hall–Kier alpha value is -0.940. The summed E-state index contributed by atoms with van der Waals surface area (Å²) in [6, 6.07) is 10.7. The number of nitriles is 1. The summed E-state index contributed by atoms with van der Waals surface area (Å²) in [4.78, 5) is 1.17. The third-order valence-corrected chi connectivity index (χ3v) is 3.04. The topological polar surface area (TPSA) is 23.8 Å². The zero-order chi connectivity index (χ0) is 10.6. The Balaban J connectivity index is 2.70. The molecule has 0 radical (unpaired) electrons. The molecule has 1 nitrogen and oxygen atoms in total. The lowest BCUT2D eigenvalue weighted by Crippen LogP contribution is -1.90. The molecule has 0 aliphatic rings. The van der Waals surface area contributed by atoms with E-state index in [0.717, 1.165) is 0 Å². The lowest BCUT2D eigenvalue weighted by atomic mass is 10.0. The molecule has 0 aliphatic carbocycles. The van der Waals surface area contributed by atoms with Gasteiger partial charge in [0.25, 0.3) is 0 Å². The fourth-order valence-electron chi connectivity index (χ4n) is 1.16. The van der Waals surface area contributed by atoms with Crippen LogP contribution in [0.25, 0.3) is 0 Å². The minimum Gasteiger partial charge on any atom is -0.197 e. The summed E-state index contributed by atoms with van der Waals surface area (Å²) in [5.74, 6) is 0.572. The molecule has 1 unspecified atom stereocenters. The lowest BCUT2D eigenvalue weighted by Gasteiger charge is -2.07. The first kappa shape index (κ1) is 11.1. The summed E-state index contributed by atoms with van der Waals surface area (Å²) >= 11 is 1.60. The highest BCUT2D eigenvalue weighted by Crippen LogP contribution is 2.24. The van der Waals surface area contributed by atoms with E-state index in [-0.39, 0.29) is 5.25 Å². The van der Waals surface area contributed by atoms with Crippen LogP contribution >= 0.6 is 11.8 Å². The Kier molecular flexibility index (Phi) is 4.03. The third kappa shape index (κ3) is 3.08. The fourth-order valence-corrected chi connectivity index (χ4v) is 1.92. The first-order chi connectivity index (χ1) is 6.63. The van der Waals surface area contributed by atoms with E-state index in [1.807, 2.05) is 6.92 Å². The first-order valence-electron chi connectivity index (χ1n) is 4.79. The lowest BCUT2D eigenvalue weighted by molar-refractivity contribution is 0.865. The summed E-state index contributed by atoms with van der Waals surface area (Å²) in [6.45, 7) is 6.28. The van der Waals surface area contributed by atoms with E-state index in [1.165, 1.54) is 10.5 Å².